The van der Waals surface area contributed by atoms with Crippen molar-refractivity contribution in [1.82, 2.24) is 0 Å². The van der Waals surface area contributed by atoms with Gasteiger partial charge in [0.15, 0.2) is 0 Å². The molecule has 0 aliphatic heterocycles. The van der Waals surface area contributed by atoms with Crippen LogP contribution < -0.4 is 5.32 Å². The summed E-state index contributed by atoms with van der Waals surface area (Å²) in [7, 11) is 0. The van der Waals surface area contributed by atoms with E-state index >= 15 is 0 Å². The molecular weight excluding hydrogens is 394 g/mol. The highest BCUT2D eigenvalue weighted by molar-refractivity contribution is 9.11. The highest BCUT2D eigenvalue weighted by Gasteiger charge is 2.11. The Balaban J connectivity index is 2.23. The van der Waals surface area contributed by atoms with E-state index in [1.54, 1.807) is 12.1 Å². The van der Waals surface area contributed by atoms with E-state index in [2.05, 4.69) is 37.2 Å². The van der Waals surface area contributed by atoms with Crippen LogP contribution in [0, 0.1) is 23.0 Å². The van der Waals surface area contributed by atoms with Crippen LogP contribution in [-0.2, 0) is 6.54 Å². The maximum absolute atomic E-state index is 13.7. The first-order chi connectivity index (χ1) is 9.51. The van der Waals surface area contributed by atoms with Gasteiger partial charge in [-0.25, -0.2) is 8.78 Å². The van der Waals surface area contributed by atoms with Crippen LogP contribution in [0.25, 0.3) is 0 Å². The molecule has 0 bridgehead atoms. The van der Waals surface area contributed by atoms with Crippen LogP contribution in [0.3, 0.4) is 0 Å². The second kappa shape index (κ2) is 6.33. The van der Waals surface area contributed by atoms with Gasteiger partial charge in [-0.15, -0.1) is 0 Å². The molecule has 0 fully saturated rings. The van der Waals surface area contributed by atoms with Crippen molar-refractivity contribution in [3.05, 3.63) is 62.0 Å². The average Bonchev–Trinajstić information content (AvgIpc) is 2.41. The van der Waals surface area contributed by atoms with Crippen LogP contribution in [0.4, 0.5) is 14.5 Å². The summed E-state index contributed by atoms with van der Waals surface area (Å²) in [6.07, 6.45) is 0. The number of anilines is 1. The lowest BCUT2D eigenvalue weighted by Gasteiger charge is -2.11. The summed E-state index contributed by atoms with van der Waals surface area (Å²) in [6.45, 7) is -0.0154. The Labute approximate surface area is 131 Å². The molecule has 102 valence electrons. The molecule has 6 heteroatoms. The molecule has 0 spiro atoms. The lowest BCUT2D eigenvalue weighted by atomic mass is 10.1. The monoisotopic (exact) mass is 400 g/mol. The van der Waals surface area contributed by atoms with Crippen LogP contribution >= 0.6 is 31.9 Å². The predicted molar refractivity (Wildman–Crippen MR) is 80.2 cm³/mol. The molecule has 2 nitrogen and oxygen atoms in total. The summed E-state index contributed by atoms with van der Waals surface area (Å²) in [4.78, 5) is 0. The smallest absolute Gasteiger partial charge is 0.132 e. The fourth-order valence-corrected chi connectivity index (χ4v) is 2.40. The summed E-state index contributed by atoms with van der Waals surface area (Å²) >= 11 is 6.68. The molecule has 2 aromatic rings. The van der Waals surface area contributed by atoms with Crippen LogP contribution in [0.1, 0.15) is 11.1 Å². The molecule has 2 rings (SSSR count). The Morgan fingerprint density at radius 3 is 2.35 bits per heavy atom. The van der Waals surface area contributed by atoms with Gasteiger partial charge in [-0.05, 0) is 46.3 Å². The van der Waals surface area contributed by atoms with E-state index in [0.29, 0.717) is 5.69 Å². The summed E-state index contributed by atoms with van der Waals surface area (Å²) in [5, 5.41) is 11.6. The molecule has 0 saturated heterocycles. The number of hydrogen-bond acceptors (Lipinski definition) is 2. The van der Waals surface area contributed by atoms with Gasteiger partial charge in [0.1, 0.15) is 11.6 Å². The summed E-state index contributed by atoms with van der Waals surface area (Å²) in [5.74, 6) is -1.47. The number of nitrogens with zero attached hydrogens (tertiary/aromatic N) is 1. The Morgan fingerprint density at radius 2 is 1.75 bits per heavy atom. The van der Waals surface area contributed by atoms with Crippen molar-refractivity contribution >= 4 is 37.5 Å². The SMILES string of the molecule is N#Cc1cc(F)c(CNc2cc(Br)ccc2Br)c(F)c1. The summed E-state index contributed by atoms with van der Waals surface area (Å²) in [5.41, 5.74) is 0.575. The van der Waals surface area contributed by atoms with Gasteiger partial charge in [-0.1, -0.05) is 15.9 Å². The lowest BCUT2D eigenvalue weighted by Crippen LogP contribution is -2.05. The Morgan fingerprint density at radius 1 is 1.10 bits per heavy atom. The fourth-order valence-electron chi connectivity index (χ4n) is 1.65. The number of nitriles is 1. The number of nitrogens with one attached hydrogen (secondary N) is 1. The first-order valence-corrected chi connectivity index (χ1v) is 7.17. The molecular formula is C14H8Br2F2N2. The Bertz CT molecular complexity index is 673. The van der Waals surface area contributed by atoms with E-state index in [-0.39, 0.29) is 17.7 Å². The molecule has 0 aliphatic carbocycles. The zero-order valence-corrected chi connectivity index (χ0v) is 13.2. The second-order valence-electron chi connectivity index (χ2n) is 4.01. The maximum Gasteiger partial charge on any atom is 0.132 e. The van der Waals surface area contributed by atoms with Gasteiger partial charge < -0.3 is 5.32 Å². The van der Waals surface area contributed by atoms with E-state index in [9.17, 15) is 8.78 Å². The molecule has 0 radical (unpaired) electrons. The molecule has 0 aromatic heterocycles. The van der Waals surface area contributed by atoms with Crippen molar-refractivity contribution in [3.63, 3.8) is 0 Å². The zero-order chi connectivity index (χ0) is 14.7. The van der Waals surface area contributed by atoms with E-state index in [1.807, 2.05) is 12.1 Å². The zero-order valence-electron chi connectivity index (χ0n) is 10.1. The second-order valence-corrected chi connectivity index (χ2v) is 5.78. The topological polar surface area (TPSA) is 35.8 Å². The fraction of sp³-hybridized carbons (Fsp3) is 0.0714. The van der Waals surface area contributed by atoms with Gasteiger partial charge in [0.25, 0.3) is 0 Å². The molecule has 0 unspecified atom stereocenters. The minimum Gasteiger partial charge on any atom is -0.380 e. The normalized spacial score (nSPS) is 10.2. The van der Waals surface area contributed by atoms with E-state index < -0.39 is 11.6 Å². The third kappa shape index (κ3) is 3.35. The van der Waals surface area contributed by atoms with Crippen molar-refractivity contribution in [3.8, 4) is 6.07 Å². The first kappa shape index (κ1) is 14.9. The highest BCUT2D eigenvalue weighted by Crippen LogP contribution is 2.27. The van der Waals surface area contributed by atoms with Crippen molar-refractivity contribution in [1.29, 1.82) is 5.26 Å². The summed E-state index contributed by atoms with van der Waals surface area (Å²) in [6, 6.07) is 9.22. The van der Waals surface area contributed by atoms with E-state index in [4.69, 9.17) is 5.26 Å². The predicted octanol–water partition coefficient (Wildman–Crippen LogP) is 4.97. The molecule has 0 aliphatic rings. The van der Waals surface area contributed by atoms with E-state index in [0.717, 1.165) is 21.1 Å². The van der Waals surface area contributed by atoms with Crippen LogP contribution in [0.5, 0.6) is 0 Å². The third-order valence-electron chi connectivity index (χ3n) is 2.65. The van der Waals surface area contributed by atoms with Crippen LogP contribution in [0.15, 0.2) is 39.3 Å². The molecule has 0 atom stereocenters. The molecule has 0 saturated carbocycles. The molecule has 1 N–H and O–H groups in total. The van der Waals surface area contributed by atoms with Gasteiger partial charge in [-0.3, -0.25) is 0 Å². The number of rotatable bonds is 3. The van der Waals surface area contributed by atoms with Gasteiger partial charge in [-0.2, -0.15) is 5.26 Å². The minimum absolute atomic E-state index is 0.0154. The summed E-state index contributed by atoms with van der Waals surface area (Å²) < 4.78 is 29.1. The Kier molecular flexibility index (Phi) is 4.73. The van der Waals surface area contributed by atoms with Crippen molar-refractivity contribution in [2.45, 2.75) is 6.54 Å². The van der Waals surface area contributed by atoms with Gasteiger partial charge in [0.05, 0.1) is 11.6 Å². The van der Waals surface area contributed by atoms with Gasteiger partial charge in [0.2, 0.25) is 0 Å². The highest BCUT2D eigenvalue weighted by atomic mass is 79.9. The molecule has 0 amide bonds. The number of benzene rings is 2. The molecule has 0 heterocycles. The molecule has 20 heavy (non-hydrogen) atoms. The average molecular weight is 402 g/mol. The van der Waals surface area contributed by atoms with Crippen LogP contribution in [0.2, 0.25) is 0 Å². The Hall–Kier alpha value is -1.45. The quantitative estimate of drug-likeness (QED) is 0.787. The van der Waals surface area contributed by atoms with E-state index in [1.165, 1.54) is 0 Å². The third-order valence-corrected chi connectivity index (χ3v) is 3.84. The largest absolute Gasteiger partial charge is 0.380 e. The lowest BCUT2D eigenvalue weighted by molar-refractivity contribution is 0.559. The molecule has 2 aromatic carbocycles. The minimum atomic E-state index is -0.736. The van der Waals surface area contributed by atoms with Crippen molar-refractivity contribution in [2.75, 3.05) is 5.32 Å². The van der Waals surface area contributed by atoms with Crippen LogP contribution in [-0.4, -0.2) is 0 Å². The van der Waals surface area contributed by atoms with Crippen molar-refractivity contribution in [2.24, 2.45) is 0 Å². The number of halogens is 4. The van der Waals surface area contributed by atoms with Crippen molar-refractivity contribution < 1.29 is 8.78 Å². The van der Waals surface area contributed by atoms with Gasteiger partial charge in [0, 0.05) is 26.7 Å². The number of hydrogen-bond donors (Lipinski definition) is 1. The van der Waals surface area contributed by atoms with Gasteiger partial charge >= 0.3 is 0 Å². The standard InChI is InChI=1S/C14H8Br2F2N2/c15-9-1-2-11(16)14(5-9)20-7-10-12(17)3-8(6-19)4-13(10)18/h1-5,20H,7H2. The maximum atomic E-state index is 13.7. The first-order valence-electron chi connectivity index (χ1n) is 5.58.